The maximum atomic E-state index is 12.0. The summed E-state index contributed by atoms with van der Waals surface area (Å²) < 4.78 is 5.13. The largest absolute Gasteiger partial charge is 0.497 e. The zero-order valence-corrected chi connectivity index (χ0v) is 12.7. The van der Waals surface area contributed by atoms with E-state index < -0.39 is 0 Å². The van der Waals surface area contributed by atoms with Crippen molar-refractivity contribution in [3.8, 4) is 5.75 Å². The van der Waals surface area contributed by atoms with Crippen molar-refractivity contribution in [2.24, 2.45) is 5.92 Å². The first-order chi connectivity index (χ1) is 9.19. The van der Waals surface area contributed by atoms with Crippen molar-refractivity contribution < 1.29 is 9.53 Å². The van der Waals surface area contributed by atoms with Crippen LogP contribution in [0.4, 0.5) is 11.4 Å². The van der Waals surface area contributed by atoms with Crippen LogP contribution in [0, 0.1) is 5.92 Å². The van der Waals surface area contributed by atoms with Gasteiger partial charge in [0.2, 0.25) is 5.91 Å². The predicted octanol–water partition coefficient (Wildman–Crippen LogP) is 3.61. The summed E-state index contributed by atoms with van der Waals surface area (Å²) in [6.07, 6.45) is 6.73. The van der Waals surface area contributed by atoms with Crippen molar-refractivity contribution >= 4 is 29.7 Å². The summed E-state index contributed by atoms with van der Waals surface area (Å²) in [5, 5.41) is 2.89. The lowest BCUT2D eigenvalue weighted by Gasteiger charge is -2.21. The Morgan fingerprint density at radius 1 is 1.35 bits per heavy atom. The number of halogens is 1. The van der Waals surface area contributed by atoms with Crippen LogP contribution in [0.15, 0.2) is 18.2 Å². The van der Waals surface area contributed by atoms with E-state index in [2.05, 4.69) is 5.32 Å². The average Bonchev–Trinajstić information content (AvgIpc) is 2.42. The first-order valence-corrected chi connectivity index (χ1v) is 6.92. The van der Waals surface area contributed by atoms with Crippen LogP contribution in [0.2, 0.25) is 0 Å². The Kier molecular flexibility index (Phi) is 6.65. The van der Waals surface area contributed by atoms with Gasteiger partial charge in [-0.3, -0.25) is 4.79 Å². The quantitative estimate of drug-likeness (QED) is 0.835. The second-order valence-electron chi connectivity index (χ2n) is 5.21. The maximum Gasteiger partial charge on any atom is 0.224 e. The van der Waals surface area contributed by atoms with E-state index in [1.165, 1.54) is 32.1 Å². The maximum absolute atomic E-state index is 12.0. The van der Waals surface area contributed by atoms with Crippen molar-refractivity contribution in [1.82, 2.24) is 0 Å². The number of nitrogens with two attached hydrogens (primary N) is 1. The summed E-state index contributed by atoms with van der Waals surface area (Å²) in [5.41, 5.74) is 7.06. The number of hydrogen-bond donors (Lipinski definition) is 2. The highest BCUT2D eigenvalue weighted by Gasteiger charge is 2.17. The molecule has 1 fully saturated rings. The van der Waals surface area contributed by atoms with Crippen LogP contribution in [0.25, 0.3) is 0 Å². The van der Waals surface area contributed by atoms with Gasteiger partial charge < -0.3 is 15.8 Å². The van der Waals surface area contributed by atoms with Gasteiger partial charge in [0.25, 0.3) is 0 Å². The van der Waals surface area contributed by atoms with E-state index in [0.717, 1.165) is 0 Å². The molecule has 0 heterocycles. The summed E-state index contributed by atoms with van der Waals surface area (Å²) in [4.78, 5) is 12.0. The molecule has 0 atom stereocenters. The zero-order valence-electron chi connectivity index (χ0n) is 11.9. The number of anilines is 2. The van der Waals surface area contributed by atoms with Crippen molar-refractivity contribution in [2.45, 2.75) is 38.5 Å². The summed E-state index contributed by atoms with van der Waals surface area (Å²) in [6, 6.07) is 5.29. The minimum Gasteiger partial charge on any atom is -0.497 e. The minimum absolute atomic E-state index is 0. The number of hydrogen-bond acceptors (Lipinski definition) is 3. The molecule has 5 heteroatoms. The number of nitrogens with one attached hydrogen (secondary N) is 1. The van der Waals surface area contributed by atoms with Gasteiger partial charge in [-0.2, -0.15) is 0 Å². The molecule has 1 aromatic rings. The molecule has 1 aromatic carbocycles. The van der Waals surface area contributed by atoms with Gasteiger partial charge in [-0.1, -0.05) is 19.3 Å². The second kappa shape index (κ2) is 8.00. The number of ether oxygens (including phenoxy) is 1. The van der Waals surface area contributed by atoms with E-state index >= 15 is 0 Å². The third-order valence-corrected chi connectivity index (χ3v) is 3.73. The van der Waals surface area contributed by atoms with Crippen LogP contribution in [-0.4, -0.2) is 13.0 Å². The first-order valence-electron chi connectivity index (χ1n) is 6.92. The molecule has 0 aliphatic heterocycles. The molecule has 3 N–H and O–H groups in total. The molecule has 4 nitrogen and oxygen atoms in total. The van der Waals surface area contributed by atoms with Crippen molar-refractivity contribution in [1.29, 1.82) is 0 Å². The molecule has 0 spiro atoms. The molecule has 2 rings (SSSR count). The van der Waals surface area contributed by atoms with Crippen molar-refractivity contribution in [2.75, 3.05) is 18.2 Å². The van der Waals surface area contributed by atoms with Gasteiger partial charge in [0.05, 0.1) is 18.5 Å². The van der Waals surface area contributed by atoms with Gasteiger partial charge in [-0.05, 0) is 30.9 Å². The lowest BCUT2D eigenvalue weighted by Crippen LogP contribution is -2.18. The molecular formula is C15H23ClN2O2. The Hall–Kier alpha value is -1.42. The molecule has 0 radical (unpaired) electrons. The Morgan fingerprint density at radius 3 is 2.70 bits per heavy atom. The number of benzene rings is 1. The molecular weight excluding hydrogens is 276 g/mol. The van der Waals surface area contributed by atoms with E-state index in [-0.39, 0.29) is 18.3 Å². The monoisotopic (exact) mass is 298 g/mol. The predicted molar refractivity (Wildman–Crippen MR) is 84.5 cm³/mol. The van der Waals surface area contributed by atoms with Crippen molar-refractivity contribution in [3.05, 3.63) is 18.2 Å². The van der Waals surface area contributed by atoms with Crippen LogP contribution in [0.5, 0.6) is 5.75 Å². The van der Waals surface area contributed by atoms with E-state index in [1.807, 2.05) is 0 Å². The fourth-order valence-electron chi connectivity index (χ4n) is 2.63. The van der Waals surface area contributed by atoms with E-state index in [0.29, 0.717) is 29.5 Å². The molecule has 0 bridgehead atoms. The summed E-state index contributed by atoms with van der Waals surface area (Å²) in [5.74, 6) is 1.27. The third-order valence-electron chi connectivity index (χ3n) is 3.73. The minimum atomic E-state index is 0. The van der Waals surface area contributed by atoms with Crippen LogP contribution >= 0.6 is 12.4 Å². The Bertz CT molecular complexity index is 445. The SMILES string of the molecule is COc1ccc(N)c(NC(=O)CC2CCCCC2)c1.Cl. The standard InChI is InChI=1S/C15H22N2O2.ClH/c1-19-12-7-8-13(16)14(10-12)17-15(18)9-11-5-3-2-4-6-11;/h7-8,10-11H,2-6,9,16H2,1H3,(H,17,18);1H. The smallest absolute Gasteiger partial charge is 0.224 e. The molecule has 1 aliphatic carbocycles. The number of nitrogen functional groups attached to an aromatic ring is 1. The van der Waals surface area contributed by atoms with Gasteiger partial charge in [0.15, 0.2) is 0 Å². The third kappa shape index (κ3) is 4.60. The topological polar surface area (TPSA) is 64.3 Å². The van der Waals surface area contributed by atoms with Gasteiger partial charge in [-0.25, -0.2) is 0 Å². The Labute approximate surface area is 126 Å². The molecule has 1 amide bonds. The molecule has 112 valence electrons. The molecule has 0 unspecified atom stereocenters. The fourth-order valence-corrected chi connectivity index (χ4v) is 2.63. The van der Waals surface area contributed by atoms with Gasteiger partial charge >= 0.3 is 0 Å². The van der Waals surface area contributed by atoms with E-state index in [1.54, 1.807) is 25.3 Å². The van der Waals surface area contributed by atoms with Gasteiger partial charge in [0, 0.05) is 12.5 Å². The number of rotatable bonds is 4. The number of carbonyl (C=O) groups excluding carboxylic acids is 1. The number of carbonyl (C=O) groups is 1. The fraction of sp³-hybridized carbons (Fsp3) is 0.533. The zero-order chi connectivity index (χ0) is 13.7. The van der Waals surface area contributed by atoms with Crippen LogP contribution in [0.1, 0.15) is 38.5 Å². The lowest BCUT2D eigenvalue weighted by molar-refractivity contribution is -0.117. The van der Waals surface area contributed by atoms with Gasteiger partial charge in [-0.15, -0.1) is 12.4 Å². The second-order valence-corrected chi connectivity index (χ2v) is 5.21. The van der Waals surface area contributed by atoms with Gasteiger partial charge in [0.1, 0.15) is 5.75 Å². The molecule has 1 aliphatic rings. The van der Waals surface area contributed by atoms with E-state index in [4.69, 9.17) is 10.5 Å². The summed E-state index contributed by atoms with van der Waals surface area (Å²) in [6.45, 7) is 0. The number of methoxy groups -OCH3 is 1. The molecule has 0 aromatic heterocycles. The average molecular weight is 299 g/mol. The van der Waals surface area contributed by atoms with Crippen LogP contribution < -0.4 is 15.8 Å². The number of amides is 1. The van der Waals surface area contributed by atoms with Crippen molar-refractivity contribution in [3.63, 3.8) is 0 Å². The first kappa shape index (κ1) is 16.6. The van der Waals surface area contributed by atoms with Crippen LogP contribution in [-0.2, 0) is 4.79 Å². The normalized spacial score (nSPS) is 15.2. The molecule has 1 saturated carbocycles. The van der Waals surface area contributed by atoms with Crippen LogP contribution in [0.3, 0.4) is 0 Å². The van der Waals surface area contributed by atoms with E-state index in [9.17, 15) is 4.79 Å². The Balaban J connectivity index is 0.00000200. The summed E-state index contributed by atoms with van der Waals surface area (Å²) >= 11 is 0. The highest BCUT2D eigenvalue weighted by Crippen LogP contribution is 2.28. The molecule has 20 heavy (non-hydrogen) atoms. The summed E-state index contributed by atoms with van der Waals surface area (Å²) in [7, 11) is 1.60. The molecule has 0 saturated heterocycles. The highest BCUT2D eigenvalue weighted by atomic mass is 35.5. The highest BCUT2D eigenvalue weighted by molar-refractivity contribution is 5.94. The Morgan fingerprint density at radius 2 is 2.05 bits per heavy atom. The lowest BCUT2D eigenvalue weighted by atomic mass is 9.87.